The van der Waals surface area contributed by atoms with Crippen LogP contribution in [0.2, 0.25) is 0 Å². The quantitative estimate of drug-likeness (QED) is 0.167. The van der Waals surface area contributed by atoms with E-state index in [0.717, 1.165) is 18.4 Å². The van der Waals surface area contributed by atoms with Gasteiger partial charge in [-0.15, -0.1) is 0 Å². The first-order valence-electron chi connectivity index (χ1n) is 13.6. The van der Waals surface area contributed by atoms with Gasteiger partial charge >= 0.3 is 12.1 Å². The average molecular weight is 534 g/mol. The summed E-state index contributed by atoms with van der Waals surface area (Å²) in [4.78, 5) is 29.6. The minimum Gasteiger partial charge on any atom is -0.493 e. The number of nitrogens with zero attached hydrogens (tertiary/aromatic N) is 1. The number of rotatable bonds is 13. The molecule has 0 radical (unpaired) electrons. The van der Waals surface area contributed by atoms with Crippen molar-refractivity contribution in [1.29, 1.82) is 0 Å². The Morgan fingerprint density at radius 2 is 1.82 bits per heavy atom. The van der Waals surface area contributed by atoms with Crippen LogP contribution in [0.3, 0.4) is 0 Å². The molecule has 0 spiro atoms. The highest BCUT2D eigenvalue weighted by molar-refractivity contribution is 5.99. The molecule has 1 heterocycles. The summed E-state index contributed by atoms with van der Waals surface area (Å²) < 4.78 is 27.8. The fraction of sp³-hybridized carbons (Fsp3) is 0.700. The van der Waals surface area contributed by atoms with E-state index in [1.165, 1.54) is 0 Å². The Hall–Kier alpha value is -2.61. The number of carbonyl (C=O) groups excluding carboxylic acids is 2. The molecular weight excluding hydrogens is 486 g/mol. The summed E-state index contributed by atoms with van der Waals surface area (Å²) in [6, 6.07) is 5.96. The van der Waals surface area contributed by atoms with E-state index in [1.54, 1.807) is 35.0 Å². The van der Waals surface area contributed by atoms with Crippen molar-refractivity contribution < 1.29 is 33.3 Å². The Morgan fingerprint density at radius 3 is 2.37 bits per heavy atom. The predicted molar refractivity (Wildman–Crippen MR) is 148 cm³/mol. The monoisotopic (exact) mass is 533 g/mol. The molecule has 1 aromatic carbocycles. The number of hydrogen-bond donors (Lipinski definition) is 0. The molecule has 3 atom stereocenters. The number of esters is 1. The zero-order valence-electron chi connectivity index (χ0n) is 24.7. The molecule has 1 aliphatic heterocycles. The van der Waals surface area contributed by atoms with Crippen LogP contribution < -0.4 is 9.47 Å². The van der Waals surface area contributed by atoms with Crippen LogP contribution in [-0.2, 0) is 25.4 Å². The standard InChI is InChI=1S/C30H47NO7/c1-19(2)22(15-21-11-12-25(35-9)27(16-21)36-14-10-13-34-8)17-24(31-29(33)38-30(5,6)7)26-18-23(20(3)4)28(32)37-26/h11-12,16,19-20,22-23,26H,10,13-15,17-18H2,1-9H3/t22-,23?,26?/m0/s1. The minimum absolute atomic E-state index is 0.141. The van der Waals surface area contributed by atoms with Crippen molar-refractivity contribution >= 4 is 17.8 Å². The van der Waals surface area contributed by atoms with Crippen LogP contribution in [-0.4, -0.2) is 56.9 Å². The van der Waals surface area contributed by atoms with Gasteiger partial charge in [-0.1, -0.05) is 33.8 Å². The second kappa shape index (κ2) is 14.5. The van der Waals surface area contributed by atoms with Crippen LogP contribution in [0.1, 0.15) is 73.3 Å². The SMILES string of the molecule is COCCCOc1cc(C[C@@H](CC(=NC(=O)OC(C)(C)C)C2CC(C(C)C)C(=O)O2)C(C)C)ccc1OC. The summed E-state index contributed by atoms with van der Waals surface area (Å²) in [5, 5.41) is 0. The number of hydrogen-bond acceptors (Lipinski definition) is 7. The highest BCUT2D eigenvalue weighted by Gasteiger charge is 2.40. The summed E-state index contributed by atoms with van der Waals surface area (Å²) in [5.41, 5.74) is 0.990. The number of aliphatic imine (C=N–C) groups is 1. The van der Waals surface area contributed by atoms with Gasteiger partial charge in [-0.05, 0) is 69.1 Å². The van der Waals surface area contributed by atoms with E-state index in [2.05, 4.69) is 18.8 Å². The van der Waals surface area contributed by atoms with Crippen molar-refractivity contribution in [3.8, 4) is 11.5 Å². The van der Waals surface area contributed by atoms with Crippen molar-refractivity contribution in [2.45, 2.75) is 85.9 Å². The number of methoxy groups -OCH3 is 2. The lowest BCUT2D eigenvalue weighted by Crippen LogP contribution is -2.29. The van der Waals surface area contributed by atoms with E-state index in [1.807, 2.05) is 32.0 Å². The molecule has 2 unspecified atom stereocenters. The molecular formula is C30H47NO7. The first-order chi connectivity index (χ1) is 17.8. The van der Waals surface area contributed by atoms with Gasteiger partial charge < -0.3 is 23.7 Å². The molecule has 0 aliphatic carbocycles. The van der Waals surface area contributed by atoms with Crippen LogP contribution in [0.25, 0.3) is 0 Å². The third kappa shape index (κ3) is 9.93. The largest absolute Gasteiger partial charge is 0.493 e. The van der Waals surface area contributed by atoms with Gasteiger partial charge in [0.25, 0.3) is 0 Å². The predicted octanol–water partition coefficient (Wildman–Crippen LogP) is 6.28. The zero-order chi connectivity index (χ0) is 28.5. The maximum atomic E-state index is 12.7. The van der Waals surface area contributed by atoms with Gasteiger partial charge in [0, 0.05) is 26.6 Å². The van der Waals surface area contributed by atoms with Crippen molar-refractivity contribution in [3.63, 3.8) is 0 Å². The summed E-state index contributed by atoms with van der Waals surface area (Å²) >= 11 is 0. The number of ether oxygens (including phenoxy) is 5. The number of benzene rings is 1. The molecule has 8 nitrogen and oxygen atoms in total. The molecule has 38 heavy (non-hydrogen) atoms. The molecule has 1 saturated heterocycles. The maximum Gasteiger partial charge on any atom is 0.434 e. The van der Waals surface area contributed by atoms with E-state index in [9.17, 15) is 9.59 Å². The minimum atomic E-state index is -0.668. The van der Waals surface area contributed by atoms with E-state index in [0.29, 0.717) is 43.3 Å². The fourth-order valence-corrected chi connectivity index (χ4v) is 4.46. The molecule has 1 aliphatic rings. The van der Waals surface area contributed by atoms with Gasteiger partial charge in [0.05, 0.1) is 25.3 Å². The summed E-state index contributed by atoms with van der Waals surface area (Å²) in [7, 11) is 3.30. The highest BCUT2D eigenvalue weighted by atomic mass is 16.6. The van der Waals surface area contributed by atoms with Crippen LogP contribution >= 0.6 is 0 Å². The average Bonchev–Trinajstić information content (AvgIpc) is 3.21. The first-order valence-corrected chi connectivity index (χ1v) is 13.6. The molecule has 8 heteroatoms. The fourth-order valence-electron chi connectivity index (χ4n) is 4.46. The number of amides is 1. The molecule has 1 fully saturated rings. The third-order valence-electron chi connectivity index (χ3n) is 6.72. The van der Waals surface area contributed by atoms with E-state index in [-0.39, 0.29) is 29.6 Å². The second-order valence-electron chi connectivity index (χ2n) is 11.7. The van der Waals surface area contributed by atoms with Gasteiger partial charge in [0.15, 0.2) is 11.5 Å². The maximum absolute atomic E-state index is 12.7. The van der Waals surface area contributed by atoms with Crippen molar-refractivity contribution in [1.82, 2.24) is 0 Å². The first kappa shape index (κ1) is 31.6. The van der Waals surface area contributed by atoms with Crippen molar-refractivity contribution in [2.24, 2.45) is 28.7 Å². The molecule has 0 aromatic heterocycles. The van der Waals surface area contributed by atoms with E-state index < -0.39 is 17.8 Å². The Labute approximate surface area is 228 Å². The van der Waals surface area contributed by atoms with E-state index >= 15 is 0 Å². The molecule has 1 aromatic rings. The smallest absolute Gasteiger partial charge is 0.434 e. The Balaban J connectivity index is 2.29. The molecule has 0 N–H and O–H groups in total. The lowest BCUT2D eigenvalue weighted by molar-refractivity contribution is -0.143. The van der Waals surface area contributed by atoms with Gasteiger partial charge in [0.2, 0.25) is 0 Å². The van der Waals surface area contributed by atoms with Crippen molar-refractivity contribution in [2.75, 3.05) is 27.4 Å². The summed E-state index contributed by atoms with van der Waals surface area (Å²) in [6.45, 7) is 14.9. The Bertz CT molecular complexity index is 948. The second-order valence-corrected chi connectivity index (χ2v) is 11.7. The lowest BCUT2D eigenvalue weighted by Gasteiger charge is -2.25. The summed E-state index contributed by atoms with van der Waals surface area (Å²) in [6.07, 6.45) is 1.35. The van der Waals surface area contributed by atoms with Gasteiger partial charge in [-0.2, -0.15) is 4.99 Å². The van der Waals surface area contributed by atoms with Gasteiger partial charge in [-0.3, -0.25) is 4.79 Å². The van der Waals surface area contributed by atoms with Gasteiger partial charge in [-0.25, -0.2) is 4.79 Å². The third-order valence-corrected chi connectivity index (χ3v) is 6.72. The molecule has 0 bridgehead atoms. The zero-order valence-corrected chi connectivity index (χ0v) is 24.7. The number of carbonyl (C=O) groups is 2. The van der Waals surface area contributed by atoms with Crippen LogP contribution in [0.15, 0.2) is 23.2 Å². The normalized spacial score (nSPS) is 19.0. The molecule has 1 amide bonds. The molecule has 0 saturated carbocycles. The number of cyclic esters (lactones) is 1. The molecule has 2 rings (SSSR count). The van der Waals surface area contributed by atoms with E-state index in [4.69, 9.17) is 23.7 Å². The van der Waals surface area contributed by atoms with Crippen LogP contribution in [0.4, 0.5) is 4.79 Å². The topological polar surface area (TPSA) is 92.7 Å². The van der Waals surface area contributed by atoms with Crippen LogP contribution in [0, 0.1) is 23.7 Å². The van der Waals surface area contributed by atoms with Crippen molar-refractivity contribution in [3.05, 3.63) is 23.8 Å². The lowest BCUT2D eigenvalue weighted by atomic mass is 9.83. The van der Waals surface area contributed by atoms with Crippen LogP contribution in [0.5, 0.6) is 11.5 Å². The summed E-state index contributed by atoms with van der Waals surface area (Å²) in [5.74, 6) is 1.51. The highest BCUT2D eigenvalue weighted by Crippen LogP contribution is 2.34. The Morgan fingerprint density at radius 1 is 1.11 bits per heavy atom. The van der Waals surface area contributed by atoms with Gasteiger partial charge in [0.1, 0.15) is 11.7 Å². The molecule has 214 valence electrons. The Kier molecular flexibility index (Phi) is 12.1.